The van der Waals surface area contributed by atoms with E-state index in [1.54, 1.807) is 42.5 Å². The number of benzene rings is 4. The molecule has 4 aromatic carbocycles. The van der Waals surface area contributed by atoms with E-state index in [0.29, 0.717) is 55.5 Å². The second-order valence-corrected chi connectivity index (χ2v) is 22.9. The van der Waals surface area contributed by atoms with Crippen LogP contribution in [0, 0.1) is 0 Å². The van der Waals surface area contributed by atoms with E-state index in [-0.39, 0.29) is 100 Å². The number of primary amides is 1. The first-order valence-electron chi connectivity index (χ1n) is 30.3. The molecule has 0 saturated carbocycles. The number of carbonyl (C=O) groups excluding carboxylic acids is 8. The molecule has 2 heterocycles. The summed E-state index contributed by atoms with van der Waals surface area (Å²) in [6.45, 7) is 9.15. The number of hydrogen-bond donors (Lipinski definition) is 13. The number of rotatable bonds is 25. The van der Waals surface area contributed by atoms with Gasteiger partial charge in [0.2, 0.25) is 47.3 Å². The molecule has 88 heavy (non-hydrogen) atoms. The maximum atomic E-state index is 14.9. The third kappa shape index (κ3) is 23.0. The normalized spacial score (nSPS) is 19.7. The number of aromatic nitrogens is 3. The smallest absolute Gasteiger partial charge is 0.245 e. The van der Waals surface area contributed by atoms with Crippen LogP contribution >= 0.6 is 0 Å². The minimum absolute atomic E-state index is 0.00716. The molecule has 6 rings (SSSR count). The van der Waals surface area contributed by atoms with Crippen LogP contribution in [0.15, 0.2) is 108 Å². The molecule has 0 fully saturated rings. The van der Waals surface area contributed by atoms with Gasteiger partial charge in [0.25, 0.3) is 0 Å². The predicted octanol–water partition coefficient (Wildman–Crippen LogP) is 1.60. The van der Waals surface area contributed by atoms with E-state index in [4.69, 9.17) is 17.2 Å². The summed E-state index contributed by atoms with van der Waals surface area (Å²) in [5.74, 6) is -5.98. The van der Waals surface area contributed by atoms with E-state index in [1.165, 1.54) is 23.0 Å². The van der Waals surface area contributed by atoms with Gasteiger partial charge >= 0.3 is 0 Å². The second kappa shape index (κ2) is 35.0. The van der Waals surface area contributed by atoms with Gasteiger partial charge in [-0.05, 0) is 110 Å². The van der Waals surface area contributed by atoms with Crippen molar-refractivity contribution in [3.05, 3.63) is 126 Å². The Balaban J connectivity index is 1.42. The van der Waals surface area contributed by atoms with E-state index in [1.807, 2.05) is 70.2 Å². The number of nitrogens with two attached hydrogens (primary N) is 3. The van der Waals surface area contributed by atoms with Gasteiger partial charge in [-0.25, -0.2) is 4.68 Å². The van der Waals surface area contributed by atoms with Crippen LogP contribution < -0.4 is 65.1 Å². The summed E-state index contributed by atoms with van der Waals surface area (Å²) < 4.78 is 1.22. The van der Waals surface area contributed by atoms with Crippen LogP contribution in [0.2, 0.25) is 0 Å². The largest absolute Gasteiger partial charge is 0.508 e. The number of phenols is 1. The summed E-state index contributed by atoms with van der Waals surface area (Å²) in [5.41, 5.74) is 19.2. The number of nitrogens with one attached hydrogen (secondary N) is 9. The quantitative estimate of drug-likeness (QED) is 0.0224. The number of fused-ring (bicyclic) bond motifs is 3. The molecule has 8 amide bonds. The van der Waals surface area contributed by atoms with Gasteiger partial charge in [0.15, 0.2) is 5.96 Å². The lowest BCUT2D eigenvalue weighted by Gasteiger charge is -2.28. The fourth-order valence-corrected chi connectivity index (χ4v) is 10.1. The van der Waals surface area contributed by atoms with Gasteiger partial charge < -0.3 is 70.2 Å². The zero-order chi connectivity index (χ0) is 63.5. The Morgan fingerprint density at radius 2 is 1.16 bits per heavy atom. The lowest BCUT2D eigenvalue weighted by Crippen LogP contribution is -2.59. The summed E-state index contributed by atoms with van der Waals surface area (Å²) in [6.07, 6.45) is 3.44. The molecule has 25 nitrogen and oxygen atoms in total. The monoisotopic (exact) mass is 1210 g/mol. The van der Waals surface area contributed by atoms with Crippen molar-refractivity contribution in [1.82, 2.24) is 62.8 Å². The van der Waals surface area contributed by atoms with Crippen LogP contribution in [-0.4, -0.2) is 141 Å². The van der Waals surface area contributed by atoms with E-state index in [2.05, 4.69) is 63.2 Å². The van der Waals surface area contributed by atoms with Crippen LogP contribution in [0.4, 0.5) is 0 Å². The summed E-state index contributed by atoms with van der Waals surface area (Å²) in [6, 6.07) is 19.7. The van der Waals surface area contributed by atoms with Crippen LogP contribution in [0.3, 0.4) is 0 Å². The van der Waals surface area contributed by atoms with Gasteiger partial charge in [-0.3, -0.25) is 43.3 Å². The molecule has 6 unspecified atom stereocenters. The number of amides is 8. The maximum absolute atomic E-state index is 14.9. The van der Waals surface area contributed by atoms with Gasteiger partial charge in [0, 0.05) is 44.3 Å². The number of hydrogen-bond acceptors (Lipinski definition) is 14. The zero-order valence-electron chi connectivity index (χ0n) is 50.8. The molecule has 16 N–H and O–H groups in total. The van der Waals surface area contributed by atoms with Crippen molar-refractivity contribution >= 4 is 64.0 Å². The molecule has 474 valence electrons. The molecule has 0 radical (unpaired) electrons. The average Bonchev–Trinajstić information content (AvgIpc) is 4.09. The number of nitrogens with zero attached hydrogens (tertiary/aromatic N) is 4. The number of carbonyl (C=O) groups is 8. The van der Waals surface area contributed by atoms with Crippen molar-refractivity contribution in [2.75, 3.05) is 19.6 Å². The predicted molar refractivity (Wildman–Crippen MR) is 334 cm³/mol. The van der Waals surface area contributed by atoms with E-state index >= 15 is 0 Å². The van der Waals surface area contributed by atoms with Crippen molar-refractivity contribution in [1.29, 1.82) is 0 Å². The maximum Gasteiger partial charge on any atom is 0.245 e. The minimum atomic E-state index is -1.39. The SMILES string of the molecule is CC(C)NCCCCC1NC(=O)C(Cc2ccc(O)cc2)NC(=O)C(Cc2ccccc2)NC(=O)CCC(C(=O)N[C@@H](CCCCNC(C)C)C(N)=O)n2cc(nn2)CNC(=O)C(Cc2ccc3ccccc3c2)NC(=O)C(CCCN=C(N)N)NC1=O. The first-order chi connectivity index (χ1) is 42.2. The minimum Gasteiger partial charge on any atom is -0.508 e. The molecule has 7 atom stereocenters. The molecule has 1 aromatic heterocycles. The zero-order valence-corrected chi connectivity index (χ0v) is 50.8. The topological polar surface area (TPSA) is 386 Å². The molecule has 0 aliphatic carbocycles. The molecule has 1 aliphatic rings. The molecule has 25 heteroatoms. The summed E-state index contributed by atoms with van der Waals surface area (Å²) >= 11 is 0. The number of aliphatic imine (C=N–C) groups is 1. The highest BCUT2D eigenvalue weighted by Crippen LogP contribution is 2.20. The van der Waals surface area contributed by atoms with Gasteiger partial charge in [-0.15, -0.1) is 5.10 Å². The number of phenolic OH excluding ortho intramolecular Hbond substituents is 1. The fourth-order valence-electron chi connectivity index (χ4n) is 10.1. The molecular weight excluding hydrogens is 1120 g/mol. The summed E-state index contributed by atoms with van der Waals surface area (Å²) in [7, 11) is 0. The van der Waals surface area contributed by atoms with Gasteiger partial charge in [-0.2, -0.15) is 0 Å². The molecule has 2 bridgehead atoms. The van der Waals surface area contributed by atoms with Crippen LogP contribution in [0.5, 0.6) is 5.75 Å². The van der Waals surface area contributed by atoms with Crippen molar-refractivity contribution in [3.8, 4) is 5.75 Å². The standard InChI is InChI=1S/C63H88N16O9/c1-39(2)67-30-12-10-19-48(56(64)82)72-62(88)54-28-29-55(81)71-52(34-41-15-6-5-7-16-41)60(86)76-53(35-42-23-26-47(80)27-24-42)61(87)74-49(20-11-13-31-68-40(3)4)58(84)73-50(21-14-32-69-63(65)66)59(85)75-51(57(83)70-37-46-38-79(54)78-77-46)36-43-22-25-44-17-8-9-18-45(44)33-43/h5-9,15-18,22-27,33,38-40,48-54,67-68,80H,10-14,19-21,28-32,34-37H2,1-4H3,(H2,64,82)(H,70,83)(H,71,81)(H,72,88)(H,73,84)(H,74,87)(H,75,85)(H,76,86)(H4,65,66,69)/t48-,49?,50?,51?,52?,53?,54?/m0/s1. The highest BCUT2D eigenvalue weighted by atomic mass is 16.3. The Labute approximate surface area is 513 Å². The van der Waals surface area contributed by atoms with Gasteiger partial charge in [0.05, 0.1) is 12.7 Å². The molecule has 5 aromatic rings. The highest BCUT2D eigenvalue weighted by Gasteiger charge is 2.34. The van der Waals surface area contributed by atoms with Crippen molar-refractivity contribution in [3.63, 3.8) is 0 Å². The highest BCUT2D eigenvalue weighted by molar-refractivity contribution is 5.97. The molecule has 0 spiro atoms. The number of guanidine groups is 1. The second-order valence-electron chi connectivity index (χ2n) is 22.9. The van der Waals surface area contributed by atoms with Crippen molar-refractivity contribution < 1.29 is 43.5 Å². The average molecular weight is 1210 g/mol. The number of aromatic hydroxyl groups is 1. The number of unbranched alkanes of at least 4 members (excludes halogenated alkanes) is 2. The summed E-state index contributed by atoms with van der Waals surface area (Å²) in [4.78, 5) is 120. The first kappa shape index (κ1) is 68.1. The Morgan fingerprint density at radius 3 is 1.78 bits per heavy atom. The van der Waals surface area contributed by atoms with Crippen LogP contribution in [-0.2, 0) is 64.2 Å². The summed E-state index contributed by atoms with van der Waals surface area (Å²) in [5, 5.41) is 47.1. The molecule has 0 saturated heterocycles. The Bertz CT molecular complexity index is 3130. The van der Waals surface area contributed by atoms with E-state index in [9.17, 15) is 43.5 Å². The lowest BCUT2D eigenvalue weighted by atomic mass is 10.00. The molecular formula is C63H88N16O9. The first-order valence-corrected chi connectivity index (χ1v) is 30.3. The third-order valence-corrected chi connectivity index (χ3v) is 14.9. The van der Waals surface area contributed by atoms with Crippen LogP contribution in [0.1, 0.15) is 120 Å². The Hall–Kier alpha value is -8.97. The van der Waals surface area contributed by atoms with E-state index in [0.717, 1.165) is 10.8 Å². The molecule has 1 aliphatic heterocycles. The lowest BCUT2D eigenvalue weighted by molar-refractivity contribution is -0.135. The van der Waals surface area contributed by atoms with E-state index < -0.39 is 89.6 Å². The fraction of sp³-hybridized carbons (Fsp3) is 0.476. The van der Waals surface area contributed by atoms with Gasteiger partial charge in [0.1, 0.15) is 53.7 Å². The Kier molecular flexibility index (Phi) is 27.1. The third-order valence-electron chi connectivity index (χ3n) is 14.9. The van der Waals surface area contributed by atoms with Crippen molar-refractivity contribution in [2.24, 2.45) is 22.2 Å². The Morgan fingerprint density at radius 1 is 0.625 bits per heavy atom. The van der Waals surface area contributed by atoms with Crippen molar-refractivity contribution in [2.45, 2.75) is 172 Å². The van der Waals surface area contributed by atoms with Gasteiger partial charge in [-0.1, -0.05) is 118 Å². The van der Waals surface area contributed by atoms with Crippen LogP contribution in [0.25, 0.3) is 10.8 Å².